The number of rotatable bonds is 6. The van der Waals surface area contributed by atoms with E-state index in [-0.39, 0.29) is 17.8 Å². The van der Waals surface area contributed by atoms with Crippen LogP contribution in [-0.2, 0) is 16.0 Å². The zero-order chi connectivity index (χ0) is 21.1. The first-order chi connectivity index (χ1) is 14.6. The second kappa shape index (κ2) is 8.79. The molecule has 5 nitrogen and oxygen atoms in total. The molecule has 2 aromatic rings. The van der Waals surface area contributed by atoms with E-state index in [0.29, 0.717) is 17.9 Å². The molecule has 0 spiro atoms. The Morgan fingerprint density at radius 1 is 1.13 bits per heavy atom. The summed E-state index contributed by atoms with van der Waals surface area (Å²) in [6.07, 6.45) is 1.73. The highest BCUT2D eigenvalue weighted by Crippen LogP contribution is 2.45. The SMILES string of the molecule is CCOC(=O)C1=C(C)N=C2SC=C(CCc3ccccc3)N2C1c1ccc(O)cc1. The van der Waals surface area contributed by atoms with E-state index >= 15 is 0 Å². The Hall–Kier alpha value is -2.99. The molecule has 0 radical (unpaired) electrons. The third-order valence-corrected chi connectivity index (χ3v) is 6.11. The van der Waals surface area contributed by atoms with Crippen molar-refractivity contribution in [3.8, 4) is 5.75 Å². The van der Waals surface area contributed by atoms with E-state index in [1.54, 1.807) is 30.8 Å². The van der Waals surface area contributed by atoms with Crippen molar-refractivity contribution in [3.05, 3.63) is 88.1 Å². The number of thioether (sulfide) groups is 1. The van der Waals surface area contributed by atoms with Gasteiger partial charge in [-0.1, -0.05) is 54.2 Å². The molecular weight excluding hydrogens is 396 g/mol. The molecule has 6 heteroatoms. The third kappa shape index (κ3) is 4.00. The Morgan fingerprint density at radius 3 is 2.57 bits per heavy atom. The molecular formula is C24H24N2O3S. The molecule has 0 bridgehead atoms. The maximum atomic E-state index is 12.9. The standard InChI is InChI=1S/C24H24N2O3S/c1-3-29-23(28)21-16(2)25-24-26(22(21)18-10-13-20(27)14-11-18)19(15-30-24)12-9-17-7-5-4-6-8-17/h4-8,10-11,13-15,22,27H,3,9,12H2,1-2H3. The van der Waals surface area contributed by atoms with E-state index in [1.165, 1.54) is 5.56 Å². The topological polar surface area (TPSA) is 62.1 Å². The van der Waals surface area contributed by atoms with Crippen molar-refractivity contribution >= 4 is 22.9 Å². The molecule has 0 amide bonds. The average molecular weight is 421 g/mol. The third-order valence-electron chi connectivity index (χ3n) is 5.22. The van der Waals surface area contributed by atoms with Gasteiger partial charge in [0.2, 0.25) is 0 Å². The molecule has 1 atom stereocenters. The van der Waals surface area contributed by atoms with Crippen molar-refractivity contribution in [2.75, 3.05) is 6.61 Å². The minimum absolute atomic E-state index is 0.192. The van der Waals surface area contributed by atoms with Crippen molar-refractivity contribution in [2.24, 2.45) is 4.99 Å². The van der Waals surface area contributed by atoms with Crippen LogP contribution in [0.5, 0.6) is 5.75 Å². The number of nitrogens with zero attached hydrogens (tertiary/aromatic N) is 2. The summed E-state index contributed by atoms with van der Waals surface area (Å²) in [4.78, 5) is 19.7. The van der Waals surface area contributed by atoms with Gasteiger partial charge in [0.15, 0.2) is 5.17 Å². The van der Waals surface area contributed by atoms with Crippen LogP contribution in [0.1, 0.15) is 37.4 Å². The van der Waals surface area contributed by atoms with Gasteiger partial charge in [-0.25, -0.2) is 9.79 Å². The van der Waals surface area contributed by atoms with Gasteiger partial charge >= 0.3 is 5.97 Å². The molecule has 0 saturated carbocycles. The molecule has 1 N–H and O–H groups in total. The normalized spacial score (nSPS) is 18.1. The van der Waals surface area contributed by atoms with Crippen molar-refractivity contribution in [2.45, 2.75) is 32.7 Å². The minimum atomic E-state index is -0.352. The Labute approximate surface area is 180 Å². The molecule has 2 aromatic carbocycles. The largest absolute Gasteiger partial charge is 0.508 e. The summed E-state index contributed by atoms with van der Waals surface area (Å²) in [7, 11) is 0. The quantitative estimate of drug-likeness (QED) is 0.654. The Morgan fingerprint density at radius 2 is 1.87 bits per heavy atom. The molecule has 0 saturated heterocycles. The lowest BCUT2D eigenvalue weighted by molar-refractivity contribution is -0.139. The molecule has 30 heavy (non-hydrogen) atoms. The van der Waals surface area contributed by atoms with Gasteiger partial charge in [0, 0.05) is 5.70 Å². The second-order valence-electron chi connectivity index (χ2n) is 7.19. The van der Waals surface area contributed by atoms with E-state index in [2.05, 4.69) is 22.4 Å². The lowest BCUT2D eigenvalue weighted by Gasteiger charge is -2.36. The maximum Gasteiger partial charge on any atom is 0.338 e. The van der Waals surface area contributed by atoms with E-state index in [1.807, 2.05) is 37.3 Å². The van der Waals surface area contributed by atoms with Gasteiger partial charge in [-0.05, 0) is 55.4 Å². The van der Waals surface area contributed by atoms with Gasteiger partial charge in [0.1, 0.15) is 5.75 Å². The van der Waals surface area contributed by atoms with Crippen molar-refractivity contribution in [1.29, 1.82) is 0 Å². The molecule has 0 aromatic heterocycles. The van der Waals surface area contributed by atoms with Crippen LogP contribution in [0, 0.1) is 0 Å². The predicted octanol–water partition coefficient (Wildman–Crippen LogP) is 5.16. The number of esters is 1. The summed E-state index contributed by atoms with van der Waals surface area (Å²) in [6.45, 7) is 3.96. The van der Waals surface area contributed by atoms with E-state index in [9.17, 15) is 9.90 Å². The maximum absolute atomic E-state index is 12.9. The molecule has 2 aliphatic rings. The van der Waals surface area contributed by atoms with Crippen LogP contribution < -0.4 is 0 Å². The molecule has 2 aliphatic heterocycles. The van der Waals surface area contributed by atoms with Crippen LogP contribution in [0.25, 0.3) is 0 Å². The van der Waals surface area contributed by atoms with Gasteiger partial charge in [-0.15, -0.1) is 0 Å². The van der Waals surface area contributed by atoms with Crippen LogP contribution in [0.15, 0.2) is 82.0 Å². The molecule has 1 unspecified atom stereocenters. The number of carbonyl (C=O) groups excluding carboxylic acids is 1. The van der Waals surface area contributed by atoms with Gasteiger partial charge in [0.05, 0.1) is 23.9 Å². The summed E-state index contributed by atoms with van der Waals surface area (Å²) in [5.74, 6) is -0.160. The number of amidine groups is 1. The number of ether oxygens (including phenoxy) is 1. The van der Waals surface area contributed by atoms with Crippen molar-refractivity contribution in [3.63, 3.8) is 0 Å². The second-order valence-corrected chi connectivity index (χ2v) is 8.03. The predicted molar refractivity (Wildman–Crippen MR) is 120 cm³/mol. The molecule has 2 heterocycles. The van der Waals surface area contributed by atoms with Gasteiger partial charge in [-0.2, -0.15) is 0 Å². The lowest BCUT2D eigenvalue weighted by atomic mass is 9.93. The number of allylic oxidation sites excluding steroid dienone is 2. The summed E-state index contributed by atoms with van der Waals surface area (Å²) in [5, 5.41) is 12.7. The van der Waals surface area contributed by atoms with Gasteiger partial charge in [0.25, 0.3) is 0 Å². The van der Waals surface area contributed by atoms with Crippen LogP contribution in [-0.4, -0.2) is 27.8 Å². The van der Waals surface area contributed by atoms with Crippen LogP contribution >= 0.6 is 11.8 Å². The van der Waals surface area contributed by atoms with Crippen LogP contribution in [0.2, 0.25) is 0 Å². The number of hydrogen-bond donors (Lipinski definition) is 1. The van der Waals surface area contributed by atoms with E-state index in [0.717, 1.165) is 29.3 Å². The zero-order valence-electron chi connectivity index (χ0n) is 17.0. The summed E-state index contributed by atoms with van der Waals surface area (Å²) in [6, 6.07) is 17.0. The number of aliphatic imine (C=N–C) groups is 1. The highest BCUT2D eigenvalue weighted by molar-refractivity contribution is 8.16. The fourth-order valence-electron chi connectivity index (χ4n) is 3.78. The first-order valence-corrected chi connectivity index (χ1v) is 10.9. The molecule has 4 rings (SSSR count). The number of phenolic OH excluding ortho intramolecular Hbond substituents is 1. The highest BCUT2D eigenvalue weighted by atomic mass is 32.2. The van der Waals surface area contributed by atoms with E-state index in [4.69, 9.17) is 9.73 Å². The first-order valence-electron chi connectivity index (χ1n) is 10.0. The zero-order valence-corrected chi connectivity index (χ0v) is 17.9. The Bertz CT molecular complexity index is 1030. The summed E-state index contributed by atoms with van der Waals surface area (Å²) in [5.41, 5.74) is 4.51. The number of aryl methyl sites for hydroxylation is 1. The minimum Gasteiger partial charge on any atom is -0.508 e. The van der Waals surface area contributed by atoms with Gasteiger partial charge in [-0.3, -0.25) is 0 Å². The molecule has 0 fully saturated rings. The van der Waals surface area contributed by atoms with Crippen molar-refractivity contribution in [1.82, 2.24) is 4.90 Å². The molecule has 154 valence electrons. The average Bonchev–Trinajstić information content (AvgIpc) is 3.15. The van der Waals surface area contributed by atoms with Gasteiger partial charge < -0.3 is 14.7 Å². The van der Waals surface area contributed by atoms with E-state index < -0.39 is 0 Å². The number of phenols is 1. The highest BCUT2D eigenvalue weighted by Gasteiger charge is 2.40. The first kappa shape index (κ1) is 20.3. The summed E-state index contributed by atoms with van der Waals surface area (Å²) < 4.78 is 5.37. The number of aromatic hydroxyl groups is 1. The summed E-state index contributed by atoms with van der Waals surface area (Å²) >= 11 is 1.58. The number of fused-ring (bicyclic) bond motifs is 1. The Kier molecular flexibility index (Phi) is 5.95. The van der Waals surface area contributed by atoms with Crippen LogP contribution in [0.4, 0.5) is 0 Å². The number of hydrogen-bond acceptors (Lipinski definition) is 6. The molecule has 0 aliphatic carbocycles. The van der Waals surface area contributed by atoms with Crippen molar-refractivity contribution < 1.29 is 14.6 Å². The fraction of sp³-hybridized carbons (Fsp3) is 0.250. The smallest absolute Gasteiger partial charge is 0.338 e. The monoisotopic (exact) mass is 420 g/mol. The number of benzene rings is 2. The lowest BCUT2D eigenvalue weighted by Crippen LogP contribution is -2.36. The number of carbonyl (C=O) groups is 1. The Balaban J connectivity index is 1.70. The fourth-order valence-corrected chi connectivity index (χ4v) is 4.78. The van der Waals surface area contributed by atoms with Crippen LogP contribution in [0.3, 0.4) is 0 Å².